The van der Waals surface area contributed by atoms with Crippen molar-refractivity contribution < 1.29 is 14.2 Å². The Balaban J connectivity index is 0.00000512. The molecule has 1 heterocycles. The van der Waals surface area contributed by atoms with Gasteiger partial charge in [0, 0.05) is 56.5 Å². The summed E-state index contributed by atoms with van der Waals surface area (Å²) in [5.74, 6) is 2.96. The fraction of sp³-hybridized carbons (Fsp3) is 0.565. The first-order valence-electron chi connectivity index (χ1n) is 10.8. The molecule has 1 aromatic heterocycles. The molecule has 0 saturated heterocycles. The van der Waals surface area contributed by atoms with E-state index in [0.717, 1.165) is 36.8 Å². The van der Waals surface area contributed by atoms with E-state index < -0.39 is 0 Å². The molecule has 1 atom stereocenters. The fourth-order valence-corrected chi connectivity index (χ4v) is 3.33. The summed E-state index contributed by atoms with van der Waals surface area (Å²) in [5, 5.41) is 11.3. The molecule has 180 valence electrons. The van der Waals surface area contributed by atoms with Crippen molar-refractivity contribution in [2.24, 2.45) is 12.0 Å². The predicted molar refractivity (Wildman–Crippen MR) is 140 cm³/mol. The maximum atomic E-state index is 5.84. The van der Waals surface area contributed by atoms with Gasteiger partial charge in [-0.05, 0) is 39.7 Å². The molecule has 0 aliphatic rings. The second-order valence-corrected chi connectivity index (χ2v) is 7.53. The van der Waals surface area contributed by atoms with E-state index in [1.54, 1.807) is 14.2 Å². The SMILES string of the molecule is CCNC(=NCCCOc1cc(OC)cc(OC)c1)NC(C)Cc1c(C)nn(C)c1C.I. The van der Waals surface area contributed by atoms with Crippen molar-refractivity contribution in [1.82, 2.24) is 20.4 Å². The van der Waals surface area contributed by atoms with Gasteiger partial charge in [-0.2, -0.15) is 5.10 Å². The number of rotatable bonds is 11. The molecule has 32 heavy (non-hydrogen) atoms. The van der Waals surface area contributed by atoms with Gasteiger partial charge in [0.2, 0.25) is 0 Å². The molecule has 0 saturated carbocycles. The molecule has 0 spiro atoms. The van der Waals surface area contributed by atoms with E-state index in [1.807, 2.05) is 29.9 Å². The number of aryl methyl sites for hydroxylation is 2. The fourth-order valence-electron chi connectivity index (χ4n) is 3.33. The highest BCUT2D eigenvalue weighted by Gasteiger charge is 2.14. The number of nitrogens with zero attached hydrogens (tertiary/aromatic N) is 3. The zero-order chi connectivity index (χ0) is 22.8. The van der Waals surface area contributed by atoms with Crippen LogP contribution in [0, 0.1) is 13.8 Å². The Kier molecular flexibility index (Phi) is 12.3. The standard InChI is InChI=1S/C23H37N5O3.HI/c1-8-24-23(26-16(2)12-22-17(3)27-28(5)18(22)4)25-10-9-11-31-21-14-19(29-6)13-20(15-21)30-7;/h13-16H,8-12H2,1-7H3,(H2,24,25,26);1H. The molecule has 2 aromatic rings. The second kappa shape index (κ2) is 14.1. The predicted octanol–water partition coefficient (Wildman–Crippen LogP) is 3.63. The van der Waals surface area contributed by atoms with E-state index in [-0.39, 0.29) is 30.0 Å². The van der Waals surface area contributed by atoms with Gasteiger partial charge in [-0.1, -0.05) is 0 Å². The zero-order valence-electron chi connectivity index (χ0n) is 20.3. The summed E-state index contributed by atoms with van der Waals surface area (Å²) in [6.07, 6.45) is 1.70. The first-order chi connectivity index (χ1) is 14.9. The quantitative estimate of drug-likeness (QED) is 0.190. The number of hydrogen-bond donors (Lipinski definition) is 2. The van der Waals surface area contributed by atoms with Gasteiger partial charge in [0.05, 0.1) is 26.5 Å². The lowest BCUT2D eigenvalue weighted by molar-refractivity contribution is 0.307. The lowest BCUT2D eigenvalue weighted by Crippen LogP contribution is -2.43. The summed E-state index contributed by atoms with van der Waals surface area (Å²) in [6, 6.07) is 5.75. The summed E-state index contributed by atoms with van der Waals surface area (Å²) >= 11 is 0. The van der Waals surface area contributed by atoms with Crippen molar-refractivity contribution in [3.8, 4) is 17.2 Å². The van der Waals surface area contributed by atoms with E-state index in [2.05, 4.69) is 48.4 Å². The van der Waals surface area contributed by atoms with Gasteiger partial charge in [0.15, 0.2) is 5.96 Å². The Morgan fingerprint density at radius 1 is 1.12 bits per heavy atom. The summed E-state index contributed by atoms with van der Waals surface area (Å²) < 4.78 is 18.3. The Bertz CT molecular complexity index is 847. The normalized spacial score (nSPS) is 12.0. The molecule has 2 rings (SSSR count). The Labute approximate surface area is 209 Å². The van der Waals surface area contributed by atoms with Crippen LogP contribution < -0.4 is 24.8 Å². The van der Waals surface area contributed by atoms with Crippen LogP contribution >= 0.6 is 24.0 Å². The van der Waals surface area contributed by atoms with Crippen molar-refractivity contribution >= 4 is 29.9 Å². The van der Waals surface area contributed by atoms with E-state index in [4.69, 9.17) is 14.2 Å². The number of ether oxygens (including phenoxy) is 3. The molecule has 0 bridgehead atoms. The van der Waals surface area contributed by atoms with Gasteiger partial charge in [-0.15, -0.1) is 24.0 Å². The third kappa shape index (κ3) is 8.40. The highest BCUT2D eigenvalue weighted by atomic mass is 127. The van der Waals surface area contributed by atoms with Crippen molar-refractivity contribution in [3.05, 3.63) is 35.2 Å². The lowest BCUT2D eigenvalue weighted by atomic mass is 10.1. The average Bonchev–Trinajstić information content (AvgIpc) is 2.99. The molecule has 8 nitrogen and oxygen atoms in total. The maximum Gasteiger partial charge on any atom is 0.191 e. The topological polar surface area (TPSA) is 81.9 Å². The number of hydrogen-bond acceptors (Lipinski definition) is 5. The third-order valence-electron chi connectivity index (χ3n) is 5.06. The highest BCUT2D eigenvalue weighted by molar-refractivity contribution is 14.0. The van der Waals surface area contributed by atoms with Crippen LogP contribution in [-0.4, -0.2) is 55.7 Å². The van der Waals surface area contributed by atoms with Gasteiger partial charge >= 0.3 is 0 Å². The van der Waals surface area contributed by atoms with E-state index >= 15 is 0 Å². The minimum absolute atomic E-state index is 0. The van der Waals surface area contributed by atoms with E-state index in [1.165, 1.54) is 11.3 Å². The molecular formula is C23H38IN5O3. The average molecular weight is 559 g/mol. The zero-order valence-corrected chi connectivity index (χ0v) is 22.6. The molecule has 0 amide bonds. The Morgan fingerprint density at radius 2 is 1.75 bits per heavy atom. The van der Waals surface area contributed by atoms with Crippen LogP contribution in [0.5, 0.6) is 17.2 Å². The second-order valence-electron chi connectivity index (χ2n) is 7.53. The Morgan fingerprint density at radius 3 is 2.28 bits per heavy atom. The molecule has 9 heteroatoms. The number of methoxy groups -OCH3 is 2. The third-order valence-corrected chi connectivity index (χ3v) is 5.06. The van der Waals surface area contributed by atoms with Gasteiger partial charge in [-0.25, -0.2) is 0 Å². The summed E-state index contributed by atoms with van der Waals surface area (Å²) in [4.78, 5) is 4.69. The number of guanidine groups is 1. The summed E-state index contributed by atoms with van der Waals surface area (Å²) in [5.41, 5.74) is 3.58. The van der Waals surface area contributed by atoms with Crippen LogP contribution in [-0.2, 0) is 13.5 Å². The summed E-state index contributed by atoms with van der Waals surface area (Å²) in [7, 11) is 5.24. The number of nitrogens with one attached hydrogen (secondary N) is 2. The molecule has 0 aliphatic carbocycles. The van der Waals surface area contributed by atoms with Crippen LogP contribution in [0.3, 0.4) is 0 Å². The highest BCUT2D eigenvalue weighted by Crippen LogP contribution is 2.27. The van der Waals surface area contributed by atoms with Crippen molar-refractivity contribution in [2.45, 2.75) is 46.6 Å². The van der Waals surface area contributed by atoms with E-state index in [9.17, 15) is 0 Å². The molecule has 0 aliphatic heterocycles. The van der Waals surface area contributed by atoms with Crippen molar-refractivity contribution in [1.29, 1.82) is 0 Å². The van der Waals surface area contributed by atoms with Crippen LogP contribution in [0.2, 0.25) is 0 Å². The van der Waals surface area contributed by atoms with Crippen molar-refractivity contribution in [3.63, 3.8) is 0 Å². The monoisotopic (exact) mass is 559 g/mol. The van der Waals surface area contributed by atoms with E-state index in [0.29, 0.717) is 24.7 Å². The van der Waals surface area contributed by atoms with Gasteiger partial charge in [0.25, 0.3) is 0 Å². The Hall–Kier alpha value is -2.17. The number of halogens is 1. The van der Waals surface area contributed by atoms with Crippen molar-refractivity contribution in [2.75, 3.05) is 33.9 Å². The number of benzene rings is 1. The maximum absolute atomic E-state index is 5.84. The molecule has 0 fully saturated rings. The van der Waals surface area contributed by atoms with Gasteiger partial charge in [-0.3, -0.25) is 9.67 Å². The molecule has 1 unspecified atom stereocenters. The van der Waals surface area contributed by atoms with Crippen LogP contribution in [0.25, 0.3) is 0 Å². The smallest absolute Gasteiger partial charge is 0.191 e. The minimum atomic E-state index is 0. The van der Waals surface area contributed by atoms with Gasteiger partial charge < -0.3 is 24.8 Å². The molecule has 0 radical (unpaired) electrons. The number of aliphatic imine (C=N–C) groups is 1. The summed E-state index contributed by atoms with van der Waals surface area (Å²) in [6.45, 7) is 10.4. The first kappa shape index (κ1) is 27.9. The first-order valence-corrected chi connectivity index (χ1v) is 10.8. The van der Waals surface area contributed by atoms with Crippen LogP contribution in [0.15, 0.2) is 23.2 Å². The largest absolute Gasteiger partial charge is 0.496 e. The van der Waals surface area contributed by atoms with Gasteiger partial charge in [0.1, 0.15) is 17.2 Å². The minimum Gasteiger partial charge on any atom is -0.496 e. The van der Waals surface area contributed by atoms with Crippen LogP contribution in [0.4, 0.5) is 0 Å². The molecular weight excluding hydrogens is 521 g/mol. The molecule has 1 aromatic carbocycles. The lowest BCUT2D eigenvalue weighted by Gasteiger charge is -2.18. The number of aromatic nitrogens is 2. The van der Waals surface area contributed by atoms with Crippen LogP contribution in [0.1, 0.15) is 37.2 Å². The molecule has 2 N–H and O–H groups in total.